The van der Waals surface area contributed by atoms with Crippen molar-refractivity contribution in [2.45, 2.75) is 20.4 Å². The molecule has 0 unspecified atom stereocenters. The monoisotopic (exact) mass is 340 g/mol. The minimum Gasteiger partial charge on any atom is -0.460 e. The predicted octanol–water partition coefficient (Wildman–Crippen LogP) is 3.26. The molecule has 0 fully saturated rings. The lowest BCUT2D eigenvalue weighted by Gasteiger charge is -2.07. The standard InChI is InChI=1S/C14H14BrFN2O2/c1-9-7-10(2)18(17-9)5-6-20-14(19)12-4-3-11(15)8-13(12)16/h3-4,7-8H,5-6H2,1-2H3. The molecule has 0 aliphatic heterocycles. The molecule has 106 valence electrons. The van der Waals surface area contributed by atoms with Crippen LogP contribution >= 0.6 is 15.9 Å². The van der Waals surface area contributed by atoms with Gasteiger partial charge in [0.25, 0.3) is 0 Å². The summed E-state index contributed by atoms with van der Waals surface area (Å²) in [6.45, 7) is 4.42. The van der Waals surface area contributed by atoms with Crippen LogP contribution in [-0.2, 0) is 11.3 Å². The second-order valence-electron chi connectivity index (χ2n) is 4.41. The number of ether oxygens (including phenoxy) is 1. The van der Waals surface area contributed by atoms with Crippen LogP contribution in [0.15, 0.2) is 28.7 Å². The van der Waals surface area contributed by atoms with Crippen molar-refractivity contribution in [2.24, 2.45) is 0 Å². The number of hydrogen-bond acceptors (Lipinski definition) is 3. The van der Waals surface area contributed by atoms with Crippen molar-refractivity contribution in [1.82, 2.24) is 9.78 Å². The highest BCUT2D eigenvalue weighted by Crippen LogP contribution is 2.16. The summed E-state index contributed by atoms with van der Waals surface area (Å²) in [5, 5.41) is 4.25. The Morgan fingerprint density at radius 2 is 2.15 bits per heavy atom. The lowest BCUT2D eigenvalue weighted by atomic mass is 10.2. The molecule has 4 nitrogen and oxygen atoms in total. The van der Waals surface area contributed by atoms with Crippen LogP contribution in [0.5, 0.6) is 0 Å². The molecule has 0 amide bonds. The number of hydrogen-bond donors (Lipinski definition) is 0. The zero-order chi connectivity index (χ0) is 14.7. The second-order valence-corrected chi connectivity index (χ2v) is 5.33. The Bertz CT molecular complexity index is 640. The van der Waals surface area contributed by atoms with Gasteiger partial charge in [0.15, 0.2) is 0 Å². The highest BCUT2D eigenvalue weighted by molar-refractivity contribution is 9.10. The average molecular weight is 341 g/mol. The van der Waals surface area contributed by atoms with E-state index in [1.165, 1.54) is 12.1 Å². The number of carbonyl (C=O) groups excluding carboxylic acids is 1. The van der Waals surface area contributed by atoms with Crippen molar-refractivity contribution in [2.75, 3.05) is 6.61 Å². The maximum atomic E-state index is 13.6. The van der Waals surface area contributed by atoms with Crippen molar-refractivity contribution in [3.05, 3.63) is 51.5 Å². The summed E-state index contributed by atoms with van der Waals surface area (Å²) >= 11 is 3.14. The Kier molecular flexibility index (Phi) is 4.54. The molecule has 1 aromatic carbocycles. The molecule has 0 spiro atoms. The molecule has 0 aliphatic carbocycles. The molecule has 0 bridgehead atoms. The van der Waals surface area contributed by atoms with E-state index >= 15 is 0 Å². The lowest BCUT2D eigenvalue weighted by Crippen LogP contribution is -2.14. The fourth-order valence-electron chi connectivity index (χ4n) is 1.86. The molecular weight excluding hydrogens is 327 g/mol. The summed E-state index contributed by atoms with van der Waals surface area (Å²) in [6, 6.07) is 6.17. The molecule has 0 aliphatic rings. The van der Waals surface area contributed by atoms with Gasteiger partial charge in [-0.25, -0.2) is 9.18 Å². The van der Waals surface area contributed by atoms with Gasteiger partial charge in [0, 0.05) is 10.2 Å². The topological polar surface area (TPSA) is 44.1 Å². The van der Waals surface area contributed by atoms with E-state index in [4.69, 9.17) is 4.74 Å². The van der Waals surface area contributed by atoms with Gasteiger partial charge in [-0.15, -0.1) is 0 Å². The number of esters is 1. The van der Waals surface area contributed by atoms with Gasteiger partial charge in [0.2, 0.25) is 0 Å². The predicted molar refractivity (Wildman–Crippen MR) is 76.1 cm³/mol. The number of rotatable bonds is 4. The highest BCUT2D eigenvalue weighted by Gasteiger charge is 2.13. The molecular formula is C14H14BrFN2O2. The fourth-order valence-corrected chi connectivity index (χ4v) is 2.19. The Labute approximate surface area is 124 Å². The molecule has 2 rings (SSSR count). The number of carbonyl (C=O) groups is 1. The summed E-state index contributed by atoms with van der Waals surface area (Å²) in [6.07, 6.45) is 0. The summed E-state index contributed by atoms with van der Waals surface area (Å²) in [7, 11) is 0. The van der Waals surface area contributed by atoms with E-state index in [-0.39, 0.29) is 12.2 Å². The van der Waals surface area contributed by atoms with Gasteiger partial charge < -0.3 is 4.74 Å². The van der Waals surface area contributed by atoms with Gasteiger partial charge in [-0.1, -0.05) is 15.9 Å². The van der Waals surface area contributed by atoms with Crippen molar-refractivity contribution >= 4 is 21.9 Å². The van der Waals surface area contributed by atoms with Crippen molar-refractivity contribution in [1.29, 1.82) is 0 Å². The Morgan fingerprint density at radius 3 is 2.75 bits per heavy atom. The van der Waals surface area contributed by atoms with E-state index in [1.807, 2.05) is 19.9 Å². The summed E-state index contributed by atoms with van der Waals surface area (Å²) < 4.78 is 21.0. The van der Waals surface area contributed by atoms with E-state index in [9.17, 15) is 9.18 Å². The minimum absolute atomic E-state index is 0.0680. The van der Waals surface area contributed by atoms with Crippen LogP contribution in [0.2, 0.25) is 0 Å². The third-order valence-electron chi connectivity index (χ3n) is 2.79. The van der Waals surface area contributed by atoms with Crippen LogP contribution in [0.1, 0.15) is 21.7 Å². The zero-order valence-corrected chi connectivity index (χ0v) is 12.8. The second kappa shape index (κ2) is 6.17. The molecule has 0 saturated carbocycles. The van der Waals surface area contributed by atoms with E-state index in [2.05, 4.69) is 21.0 Å². The first-order valence-corrected chi connectivity index (χ1v) is 6.90. The lowest BCUT2D eigenvalue weighted by molar-refractivity contribution is 0.0481. The fraction of sp³-hybridized carbons (Fsp3) is 0.286. The Balaban J connectivity index is 1.94. The maximum absolute atomic E-state index is 13.6. The van der Waals surface area contributed by atoms with Crippen LogP contribution in [-0.4, -0.2) is 22.4 Å². The van der Waals surface area contributed by atoms with Crippen LogP contribution in [0.25, 0.3) is 0 Å². The van der Waals surface area contributed by atoms with Crippen molar-refractivity contribution in [3.63, 3.8) is 0 Å². The Morgan fingerprint density at radius 1 is 1.40 bits per heavy atom. The van der Waals surface area contributed by atoms with Crippen LogP contribution in [0.3, 0.4) is 0 Å². The largest absolute Gasteiger partial charge is 0.460 e. The first-order chi connectivity index (χ1) is 9.47. The normalized spacial score (nSPS) is 10.6. The minimum atomic E-state index is -0.670. The summed E-state index contributed by atoms with van der Waals surface area (Å²) in [4.78, 5) is 11.7. The Hall–Kier alpha value is -1.69. The number of benzene rings is 1. The number of aromatic nitrogens is 2. The third kappa shape index (κ3) is 3.45. The van der Waals surface area contributed by atoms with E-state index in [0.717, 1.165) is 11.4 Å². The van der Waals surface area contributed by atoms with Crippen molar-refractivity contribution in [3.8, 4) is 0 Å². The molecule has 1 heterocycles. The molecule has 20 heavy (non-hydrogen) atoms. The van der Waals surface area contributed by atoms with Gasteiger partial charge in [-0.05, 0) is 38.1 Å². The quantitative estimate of drug-likeness (QED) is 0.802. The zero-order valence-electron chi connectivity index (χ0n) is 11.2. The van der Waals surface area contributed by atoms with Gasteiger partial charge in [0.1, 0.15) is 12.4 Å². The van der Waals surface area contributed by atoms with E-state index in [0.29, 0.717) is 11.0 Å². The average Bonchev–Trinajstić information content (AvgIpc) is 2.67. The molecule has 2 aromatic rings. The number of nitrogens with zero attached hydrogens (tertiary/aromatic N) is 2. The number of aryl methyl sites for hydroxylation is 2. The van der Waals surface area contributed by atoms with Gasteiger partial charge >= 0.3 is 5.97 Å². The van der Waals surface area contributed by atoms with Crippen LogP contribution in [0, 0.1) is 19.7 Å². The molecule has 0 N–H and O–H groups in total. The molecule has 0 atom stereocenters. The summed E-state index contributed by atoms with van der Waals surface area (Å²) in [5.74, 6) is -1.27. The molecule has 6 heteroatoms. The molecule has 1 aromatic heterocycles. The first kappa shape index (κ1) is 14.7. The van der Waals surface area contributed by atoms with Gasteiger partial charge in [-0.2, -0.15) is 5.10 Å². The number of halogens is 2. The molecule has 0 radical (unpaired) electrons. The third-order valence-corrected chi connectivity index (χ3v) is 3.28. The maximum Gasteiger partial charge on any atom is 0.341 e. The van der Waals surface area contributed by atoms with Crippen LogP contribution in [0.4, 0.5) is 4.39 Å². The summed E-state index contributed by atoms with van der Waals surface area (Å²) in [5.41, 5.74) is 1.84. The van der Waals surface area contributed by atoms with Gasteiger partial charge in [0.05, 0.1) is 17.8 Å². The van der Waals surface area contributed by atoms with Gasteiger partial charge in [-0.3, -0.25) is 4.68 Å². The van der Waals surface area contributed by atoms with E-state index < -0.39 is 11.8 Å². The van der Waals surface area contributed by atoms with E-state index in [1.54, 1.807) is 10.7 Å². The SMILES string of the molecule is Cc1cc(C)n(CCOC(=O)c2ccc(Br)cc2F)n1. The highest BCUT2D eigenvalue weighted by atomic mass is 79.9. The first-order valence-electron chi connectivity index (χ1n) is 6.10. The molecule has 0 saturated heterocycles. The van der Waals surface area contributed by atoms with Crippen LogP contribution < -0.4 is 0 Å². The van der Waals surface area contributed by atoms with Crippen molar-refractivity contribution < 1.29 is 13.9 Å². The smallest absolute Gasteiger partial charge is 0.341 e.